The van der Waals surface area contributed by atoms with Gasteiger partial charge in [-0.15, -0.1) is 0 Å². The standard InChI is InChI=1S/C28H20F10Si2/c1-39(2,3)17-11-14(8-10-16-21(31)25(35)28(38)26(36)22(16)32)18(40(4,5)6)12-13(17)7-9-15-19(29)23(33)27(37)24(34)20(15)30/h11-12H,1-6H3. The Morgan fingerprint density at radius 1 is 0.375 bits per heavy atom. The molecule has 0 aromatic heterocycles. The Hall–Kier alpha value is -3.49. The van der Waals surface area contributed by atoms with Gasteiger partial charge in [-0.1, -0.05) is 63.0 Å². The van der Waals surface area contributed by atoms with Gasteiger partial charge in [-0.25, -0.2) is 43.9 Å². The van der Waals surface area contributed by atoms with Crippen LogP contribution in [0.1, 0.15) is 22.3 Å². The van der Waals surface area contributed by atoms with E-state index in [0.29, 0.717) is 10.4 Å². The van der Waals surface area contributed by atoms with E-state index in [1.165, 1.54) is 12.1 Å². The molecule has 0 atom stereocenters. The minimum absolute atomic E-state index is 0.210. The van der Waals surface area contributed by atoms with Crippen LogP contribution in [-0.2, 0) is 0 Å². The Morgan fingerprint density at radius 3 is 0.825 bits per heavy atom. The summed E-state index contributed by atoms with van der Waals surface area (Å²) in [6.07, 6.45) is 0. The second kappa shape index (κ2) is 10.8. The maximum absolute atomic E-state index is 14.2. The first-order chi connectivity index (χ1) is 18.3. The van der Waals surface area contributed by atoms with Crippen molar-refractivity contribution in [1.82, 2.24) is 0 Å². The molecule has 0 aliphatic heterocycles. The molecule has 3 rings (SSSR count). The lowest BCUT2D eigenvalue weighted by atomic mass is 10.1. The van der Waals surface area contributed by atoms with Gasteiger partial charge in [-0.3, -0.25) is 0 Å². The second-order valence-corrected chi connectivity index (χ2v) is 20.9. The minimum atomic E-state index is -2.41. The van der Waals surface area contributed by atoms with Crippen LogP contribution in [0, 0.1) is 81.9 Å². The second-order valence-electron chi connectivity index (χ2n) is 10.8. The van der Waals surface area contributed by atoms with Crippen LogP contribution in [0.3, 0.4) is 0 Å². The molecular weight excluding hydrogens is 582 g/mol. The van der Waals surface area contributed by atoms with Crippen molar-refractivity contribution < 1.29 is 43.9 Å². The minimum Gasteiger partial charge on any atom is -0.202 e. The van der Waals surface area contributed by atoms with Gasteiger partial charge in [-0.2, -0.15) is 0 Å². The SMILES string of the molecule is C[Si](C)(C)c1cc(C#Cc2c(F)c(F)c(F)c(F)c2F)c([Si](C)(C)C)cc1C#Cc1c(F)c(F)c(F)c(F)c1F. The molecule has 0 saturated heterocycles. The van der Waals surface area contributed by atoms with E-state index in [2.05, 4.69) is 11.8 Å². The van der Waals surface area contributed by atoms with Crippen molar-refractivity contribution in [1.29, 1.82) is 0 Å². The van der Waals surface area contributed by atoms with Crippen molar-refractivity contribution in [2.75, 3.05) is 0 Å². The van der Waals surface area contributed by atoms with Gasteiger partial charge >= 0.3 is 0 Å². The van der Waals surface area contributed by atoms with Gasteiger partial charge in [0.2, 0.25) is 11.6 Å². The third-order valence-electron chi connectivity index (χ3n) is 5.84. The topological polar surface area (TPSA) is 0 Å². The van der Waals surface area contributed by atoms with Crippen molar-refractivity contribution in [3.05, 3.63) is 92.6 Å². The first-order valence-electron chi connectivity index (χ1n) is 11.5. The fourth-order valence-electron chi connectivity index (χ4n) is 3.74. The molecule has 210 valence electrons. The van der Waals surface area contributed by atoms with E-state index in [1.807, 2.05) is 51.1 Å². The monoisotopic (exact) mass is 602 g/mol. The van der Waals surface area contributed by atoms with Crippen LogP contribution in [0.4, 0.5) is 43.9 Å². The smallest absolute Gasteiger partial charge is 0.200 e. The summed E-state index contributed by atoms with van der Waals surface area (Å²) in [5, 5.41) is 1.01. The van der Waals surface area contributed by atoms with E-state index in [9.17, 15) is 43.9 Å². The quantitative estimate of drug-likeness (QED) is 0.0978. The van der Waals surface area contributed by atoms with Crippen molar-refractivity contribution >= 4 is 26.5 Å². The van der Waals surface area contributed by atoms with Gasteiger partial charge in [0, 0.05) is 11.1 Å². The molecule has 0 radical (unpaired) electrons. The molecule has 0 N–H and O–H groups in total. The van der Waals surface area contributed by atoms with Crippen LogP contribution in [0.2, 0.25) is 39.3 Å². The first kappa shape index (κ1) is 31.0. The van der Waals surface area contributed by atoms with E-state index < -0.39 is 85.4 Å². The predicted octanol–water partition coefficient (Wildman–Crippen LogP) is 6.97. The molecule has 3 aromatic rings. The highest BCUT2D eigenvalue weighted by Crippen LogP contribution is 2.24. The molecule has 0 unspecified atom stereocenters. The van der Waals surface area contributed by atoms with Crippen molar-refractivity contribution in [3.8, 4) is 23.7 Å². The molecule has 40 heavy (non-hydrogen) atoms. The molecule has 3 aromatic carbocycles. The van der Waals surface area contributed by atoms with E-state index in [-0.39, 0.29) is 11.1 Å². The van der Waals surface area contributed by atoms with E-state index in [1.54, 1.807) is 0 Å². The van der Waals surface area contributed by atoms with Crippen LogP contribution < -0.4 is 10.4 Å². The molecule has 0 bridgehead atoms. The molecule has 0 amide bonds. The maximum Gasteiger partial charge on any atom is 0.200 e. The van der Waals surface area contributed by atoms with Gasteiger partial charge in [-0.05, 0) is 22.5 Å². The number of hydrogen-bond donors (Lipinski definition) is 0. The Labute approximate surface area is 226 Å². The summed E-state index contributed by atoms with van der Waals surface area (Å²) < 4.78 is 138. The Morgan fingerprint density at radius 2 is 0.600 bits per heavy atom. The number of halogens is 10. The van der Waals surface area contributed by atoms with Gasteiger partial charge in [0.1, 0.15) is 11.1 Å². The van der Waals surface area contributed by atoms with Crippen molar-refractivity contribution in [2.45, 2.75) is 39.3 Å². The lowest BCUT2D eigenvalue weighted by Gasteiger charge is -2.25. The summed E-state index contributed by atoms with van der Waals surface area (Å²) in [6, 6.07) is 3.03. The molecule has 0 heterocycles. The fourth-order valence-corrected chi connectivity index (χ4v) is 6.78. The number of benzene rings is 3. The number of hydrogen-bond acceptors (Lipinski definition) is 0. The lowest BCUT2D eigenvalue weighted by molar-refractivity contribution is 0.376. The molecule has 0 aliphatic rings. The molecule has 0 fully saturated rings. The highest BCUT2D eigenvalue weighted by atomic mass is 28.3. The Balaban J connectivity index is 2.34. The van der Waals surface area contributed by atoms with Crippen molar-refractivity contribution in [3.63, 3.8) is 0 Å². The highest BCUT2D eigenvalue weighted by Gasteiger charge is 2.28. The van der Waals surface area contributed by atoms with Crippen LogP contribution >= 0.6 is 0 Å². The zero-order valence-corrected chi connectivity index (χ0v) is 23.9. The molecule has 0 aliphatic carbocycles. The highest BCUT2D eigenvalue weighted by molar-refractivity contribution is 6.91. The van der Waals surface area contributed by atoms with Crippen molar-refractivity contribution in [2.24, 2.45) is 0 Å². The van der Waals surface area contributed by atoms with E-state index >= 15 is 0 Å². The molecule has 0 saturated carbocycles. The van der Waals surface area contributed by atoms with Gasteiger partial charge < -0.3 is 0 Å². The summed E-state index contributed by atoms with van der Waals surface area (Å²) in [4.78, 5) is 0. The molecule has 12 heteroatoms. The van der Waals surface area contributed by atoms with Crippen LogP contribution in [0.5, 0.6) is 0 Å². The normalized spacial score (nSPS) is 11.6. The third kappa shape index (κ3) is 5.69. The third-order valence-corrected chi connectivity index (χ3v) is 9.90. The Kier molecular flexibility index (Phi) is 8.40. The lowest BCUT2D eigenvalue weighted by Crippen LogP contribution is -2.45. The summed E-state index contributed by atoms with van der Waals surface area (Å²) >= 11 is 0. The zero-order valence-electron chi connectivity index (χ0n) is 21.9. The van der Waals surface area contributed by atoms with Gasteiger partial charge in [0.25, 0.3) is 0 Å². The first-order valence-corrected chi connectivity index (χ1v) is 18.5. The number of rotatable bonds is 2. The average molecular weight is 603 g/mol. The van der Waals surface area contributed by atoms with Crippen LogP contribution in [0.25, 0.3) is 0 Å². The largest absolute Gasteiger partial charge is 0.202 e. The van der Waals surface area contributed by atoms with Crippen LogP contribution in [-0.4, -0.2) is 16.1 Å². The summed E-state index contributed by atoms with van der Waals surface area (Å²) in [7, 11) is -4.82. The van der Waals surface area contributed by atoms with Gasteiger partial charge in [0.05, 0.1) is 16.1 Å². The maximum atomic E-state index is 14.2. The Bertz CT molecular complexity index is 1490. The molecule has 0 spiro atoms. The summed E-state index contributed by atoms with van der Waals surface area (Å²) in [5.74, 6) is -12.5. The van der Waals surface area contributed by atoms with Crippen LogP contribution in [0.15, 0.2) is 12.1 Å². The van der Waals surface area contributed by atoms with E-state index in [0.717, 1.165) is 0 Å². The molecule has 0 nitrogen and oxygen atoms in total. The molecular formula is C28H20F10Si2. The summed E-state index contributed by atoms with van der Waals surface area (Å²) in [5.41, 5.74) is -2.21. The zero-order chi connectivity index (χ0) is 30.5. The van der Waals surface area contributed by atoms with Gasteiger partial charge in [0.15, 0.2) is 46.5 Å². The summed E-state index contributed by atoms with van der Waals surface area (Å²) in [6.45, 7) is 11.1. The average Bonchev–Trinajstić information content (AvgIpc) is 2.87. The predicted molar refractivity (Wildman–Crippen MR) is 137 cm³/mol. The van der Waals surface area contributed by atoms with E-state index in [4.69, 9.17) is 0 Å². The fraction of sp³-hybridized carbons (Fsp3) is 0.214.